The van der Waals surface area contributed by atoms with E-state index >= 15 is 0 Å². The number of aromatic amines is 1. The SMILES string of the molecule is C/C=C1\CN2[C@H]3C[C@H]1[C@@H](C=O)[C@@H]2Cc1c3[nH]c2ccccc12. The summed E-state index contributed by atoms with van der Waals surface area (Å²) in [6.07, 6.45) is 5.54. The van der Waals surface area contributed by atoms with E-state index in [1.807, 2.05) is 0 Å². The number of H-pyrrole nitrogens is 1. The van der Waals surface area contributed by atoms with Crippen LogP contribution in [0, 0.1) is 11.8 Å². The molecule has 3 fully saturated rings. The quantitative estimate of drug-likeness (QED) is 0.647. The molecule has 6 rings (SSSR count). The molecule has 4 aliphatic rings. The van der Waals surface area contributed by atoms with Gasteiger partial charge in [0.25, 0.3) is 0 Å². The number of para-hydroxylation sites is 1. The third kappa shape index (κ3) is 1.42. The number of benzene rings is 1. The Labute approximate surface area is 130 Å². The van der Waals surface area contributed by atoms with Crippen LogP contribution in [0.3, 0.4) is 0 Å². The fraction of sp³-hybridized carbons (Fsp3) is 0.421. The number of nitrogens with zero attached hydrogens (tertiary/aromatic N) is 1. The molecule has 1 unspecified atom stereocenters. The summed E-state index contributed by atoms with van der Waals surface area (Å²) in [4.78, 5) is 18.0. The van der Waals surface area contributed by atoms with Crippen LogP contribution in [0.4, 0.5) is 0 Å². The number of nitrogens with one attached hydrogen (secondary N) is 1. The molecule has 22 heavy (non-hydrogen) atoms. The van der Waals surface area contributed by atoms with Gasteiger partial charge in [0.2, 0.25) is 0 Å². The fourth-order valence-corrected chi connectivity index (χ4v) is 5.17. The van der Waals surface area contributed by atoms with Gasteiger partial charge in [-0.15, -0.1) is 0 Å². The summed E-state index contributed by atoms with van der Waals surface area (Å²) in [6, 6.07) is 9.44. The van der Waals surface area contributed by atoms with E-state index in [0.29, 0.717) is 18.0 Å². The Morgan fingerprint density at radius 3 is 3.00 bits per heavy atom. The predicted molar refractivity (Wildman–Crippen MR) is 86.7 cm³/mol. The van der Waals surface area contributed by atoms with Gasteiger partial charge in [0.05, 0.1) is 6.04 Å². The minimum absolute atomic E-state index is 0.165. The number of carbonyl (C=O) groups is 1. The second-order valence-electron chi connectivity index (χ2n) is 6.94. The van der Waals surface area contributed by atoms with Crippen molar-refractivity contribution in [2.75, 3.05) is 6.54 Å². The molecule has 112 valence electrons. The van der Waals surface area contributed by atoms with Crippen LogP contribution in [0.1, 0.15) is 30.6 Å². The lowest BCUT2D eigenvalue weighted by Crippen LogP contribution is -2.60. The van der Waals surface area contributed by atoms with E-state index in [2.05, 4.69) is 47.1 Å². The summed E-state index contributed by atoms with van der Waals surface area (Å²) < 4.78 is 0. The Balaban J connectivity index is 1.70. The van der Waals surface area contributed by atoms with Crippen molar-refractivity contribution in [2.24, 2.45) is 11.8 Å². The second-order valence-corrected chi connectivity index (χ2v) is 6.94. The molecule has 4 aliphatic heterocycles. The highest BCUT2D eigenvalue weighted by molar-refractivity contribution is 5.85. The number of allylic oxidation sites excluding steroid dienone is 1. The summed E-state index contributed by atoms with van der Waals surface area (Å²) in [6.45, 7) is 3.15. The van der Waals surface area contributed by atoms with Crippen molar-refractivity contribution in [1.29, 1.82) is 0 Å². The van der Waals surface area contributed by atoms with Gasteiger partial charge in [0, 0.05) is 35.1 Å². The number of hydrogen-bond acceptors (Lipinski definition) is 2. The molecule has 5 atom stereocenters. The van der Waals surface area contributed by atoms with Gasteiger partial charge in [-0.1, -0.05) is 29.8 Å². The first kappa shape index (κ1) is 12.7. The van der Waals surface area contributed by atoms with Gasteiger partial charge in [0.1, 0.15) is 6.29 Å². The van der Waals surface area contributed by atoms with Crippen molar-refractivity contribution >= 4 is 17.2 Å². The van der Waals surface area contributed by atoms with E-state index in [1.54, 1.807) is 0 Å². The van der Waals surface area contributed by atoms with E-state index in [9.17, 15) is 4.79 Å². The van der Waals surface area contributed by atoms with Crippen LogP contribution in [-0.2, 0) is 11.2 Å². The van der Waals surface area contributed by atoms with Crippen molar-refractivity contribution in [3.05, 3.63) is 47.2 Å². The molecule has 3 heteroatoms. The molecule has 0 aliphatic carbocycles. The largest absolute Gasteiger partial charge is 0.357 e. The Hall–Kier alpha value is -1.87. The Morgan fingerprint density at radius 1 is 1.32 bits per heavy atom. The standard InChI is InChI=1S/C19H20N2O/c1-2-11-9-21-17-8-14-12-5-3-4-6-16(12)20-19(14)18(21)7-13(11)15(17)10-22/h2-6,10,13,15,17-18,20H,7-9H2,1H3/b11-2+/t13-,15-,17+,18+/m1/s1. The van der Waals surface area contributed by atoms with Crippen molar-refractivity contribution in [1.82, 2.24) is 9.88 Å². The highest BCUT2D eigenvalue weighted by Gasteiger charge is 2.52. The Morgan fingerprint density at radius 2 is 2.18 bits per heavy atom. The normalized spacial score (nSPS) is 37.5. The van der Waals surface area contributed by atoms with Crippen LogP contribution in [-0.4, -0.2) is 28.8 Å². The molecule has 3 saturated heterocycles. The zero-order valence-corrected chi connectivity index (χ0v) is 12.8. The summed E-state index contributed by atoms with van der Waals surface area (Å²) in [7, 11) is 0. The fourth-order valence-electron chi connectivity index (χ4n) is 5.17. The number of aldehydes is 1. The van der Waals surface area contributed by atoms with Crippen LogP contribution in [0.25, 0.3) is 10.9 Å². The molecule has 0 spiro atoms. The minimum Gasteiger partial charge on any atom is -0.357 e. The van der Waals surface area contributed by atoms with E-state index in [1.165, 1.54) is 34.0 Å². The first-order valence-electron chi connectivity index (χ1n) is 8.27. The number of piperidine rings is 3. The topological polar surface area (TPSA) is 36.1 Å². The zero-order chi connectivity index (χ0) is 14.8. The molecule has 2 aromatic rings. The summed E-state index contributed by atoms with van der Waals surface area (Å²) in [5.74, 6) is 0.611. The maximum atomic E-state index is 11.8. The first-order chi connectivity index (χ1) is 10.8. The van der Waals surface area contributed by atoms with E-state index in [-0.39, 0.29) is 5.92 Å². The number of aromatic nitrogens is 1. The average molecular weight is 292 g/mol. The smallest absolute Gasteiger partial charge is 0.125 e. The van der Waals surface area contributed by atoms with Crippen LogP contribution in [0.5, 0.6) is 0 Å². The molecule has 3 nitrogen and oxygen atoms in total. The number of hydrogen-bond donors (Lipinski definition) is 1. The summed E-state index contributed by atoms with van der Waals surface area (Å²) >= 11 is 0. The highest BCUT2D eigenvalue weighted by atomic mass is 16.1. The van der Waals surface area contributed by atoms with Gasteiger partial charge in [-0.3, -0.25) is 4.90 Å². The van der Waals surface area contributed by atoms with E-state index in [0.717, 1.165) is 19.4 Å². The van der Waals surface area contributed by atoms with Crippen molar-refractivity contribution < 1.29 is 4.79 Å². The highest BCUT2D eigenvalue weighted by Crippen LogP contribution is 2.53. The summed E-state index contributed by atoms with van der Waals surface area (Å²) in [5.41, 5.74) is 5.56. The number of fused-ring (bicyclic) bond motifs is 4. The summed E-state index contributed by atoms with van der Waals surface area (Å²) in [5, 5.41) is 1.35. The maximum absolute atomic E-state index is 11.8. The van der Waals surface area contributed by atoms with Crippen LogP contribution >= 0.6 is 0 Å². The second kappa shape index (κ2) is 4.32. The van der Waals surface area contributed by atoms with Crippen LogP contribution < -0.4 is 0 Å². The maximum Gasteiger partial charge on any atom is 0.125 e. The molecule has 0 amide bonds. The molecular weight excluding hydrogens is 272 g/mol. The molecule has 5 heterocycles. The third-order valence-corrected chi connectivity index (χ3v) is 6.17. The van der Waals surface area contributed by atoms with Crippen LogP contribution in [0.15, 0.2) is 35.9 Å². The Bertz CT molecular complexity index is 803. The van der Waals surface area contributed by atoms with Gasteiger partial charge in [-0.05, 0) is 37.3 Å². The van der Waals surface area contributed by atoms with E-state index in [4.69, 9.17) is 0 Å². The molecule has 0 saturated carbocycles. The lowest BCUT2D eigenvalue weighted by Gasteiger charge is -2.57. The van der Waals surface area contributed by atoms with Crippen molar-refractivity contribution in [2.45, 2.75) is 31.8 Å². The molecule has 0 radical (unpaired) electrons. The molecule has 1 aromatic heterocycles. The van der Waals surface area contributed by atoms with Gasteiger partial charge >= 0.3 is 0 Å². The predicted octanol–water partition coefficient (Wildman–Crippen LogP) is 3.23. The lowest BCUT2D eigenvalue weighted by atomic mass is 9.64. The molecule has 1 aromatic carbocycles. The van der Waals surface area contributed by atoms with Crippen LogP contribution in [0.2, 0.25) is 0 Å². The third-order valence-electron chi connectivity index (χ3n) is 6.17. The van der Waals surface area contributed by atoms with Gasteiger partial charge in [0.15, 0.2) is 0 Å². The number of rotatable bonds is 1. The van der Waals surface area contributed by atoms with Crippen molar-refractivity contribution in [3.63, 3.8) is 0 Å². The lowest BCUT2D eigenvalue weighted by molar-refractivity contribution is -0.121. The van der Waals surface area contributed by atoms with Gasteiger partial charge < -0.3 is 9.78 Å². The molecular formula is C19H20N2O. The monoisotopic (exact) mass is 292 g/mol. The number of carbonyl (C=O) groups excluding carboxylic acids is 1. The molecule has 4 bridgehead atoms. The minimum atomic E-state index is 0.165. The zero-order valence-electron chi connectivity index (χ0n) is 12.8. The molecule has 1 N–H and O–H groups in total. The van der Waals surface area contributed by atoms with Crippen molar-refractivity contribution in [3.8, 4) is 0 Å². The van der Waals surface area contributed by atoms with E-state index < -0.39 is 0 Å². The van der Waals surface area contributed by atoms with Gasteiger partial charge in [-0.2, -0.15) is 0 Å². The first-order valence-corrected chi connectivity index (χ1v) is 8.27. The van der Waals surface area contributed by atoms with Gasteiger partial charge in [-0.25, -0.2) is 0 Å². The average Bonchev–Trinajstić information content (AvgIpc) is 2.93. The Kier molecular flexibility index (Phi) is 2.49.